The smallest absolute Gasteiger partial charge is 0.319 e. The minimum Gasteiger partial charge on any atom is -0.319 e. The molecule has 9 nitrogen and oxygen atoms in total. The van der Waals surface area contributed by atoms with E-state index in [1.165, 1.54) is 4.90 Å². The summed E-state index contributed by atoms with van der Waals surface area (Å²) in [6, 6.07) is 13.3. The van der Waals surface area contributed by atoms with Gasteiger partial charge in [0, 0.05) is 39.3 Å². The number of rotatable bonds is 5. The molecule has 2 aromatic carbocycles. The Morgan fingerprint density at radius 3 is 2.14 bits per heavy atom. The highest BCUT2D eigenvalue weighted by Crippen LogP contribution is 2.31. The Morgan fingerprint density at radius 2 is 1.46 bits per heavy atom. The lowest BCUT2D eigenvalue weighted by Crippen LogP contribution is -2.55. The van der Waals surface area contributed by atoms with E-state index in [9.17, 15) is 18.0 Å². The predicted octanol–water partition coefficient (Wildman–Crippen LogP) is 2.30. The maximum Gasteiger partial charge on any atom is 0.326 e. The average Bonchev–Trinajstić information content (AvgIpc) is 3.06. The van der Waals surface area contributed by atoms with Crippen molar-refractivity contribution in [2.75, 3.05) is 45.9 Å². The van der Waals surface area contributed by atoms with Crippen LogP contribution in [-0.2, 0) is 20.5 Å². The SMILES string of the molecule is CC1(c2ccc3ccccc3c2)NC(=O)N(CN2CCN(S(=O)(=O)N3CCCCCC3)CC2)C1=O. The summed E-state index contributed by atoms with van der Waals surface area (Å²) in [6.45, 7) is 4.69. The van der Waals surface area contributed by atoms with Crippen molar-refractivity contribution >= 4 is 32.9 Å². The largest absolute Gasteiger partial charge is 0.326 e. The van der Waals surface area contributed by atoms with Gasteiger partial charge < -0.3 is 5.32 Å². The van der Waals surface area contributed by atoms with E-state index < -0.39 is 21.8 Å². The molecule has 3 amide bonds. The molecular formula is C25H33N5O4S. The van der Waals surface area contributed by atoms with E-state index in [-0.39, 0.29) is 12.6 Å². The van der Waals surface area contributed by atoms with Crippen LogP contribution in [0.3, 0.4) is 0 Å². The molecule has 3 aliphatic rings. The number of hydrogen-bond acceptors (Lipinski definition) is 5. The predicted molar refractivity (Wildman–Crippen MR) is 134 cm³/mol. The monoisotopic (exact) mass is 499 g/mol. The fourth-order valence-corrected chi connectivity index (χ4v) is 6.93. The van der Waals surface area contributed by atoms with Gasteiger partial charge in [0.1, 0.15) is 5.54 Å². The van der Waals surface area contributed by atoms with Crippen molar-refractivity contribution in [3.8, 4) is 0 Å². The molecule has 1 unspecified atom stereocenters. The van der Waals surface area contributed by atoms with Crippen LogP contribution in [0, 0.1) is 0 Å². The first-order valence-electron chi connectivity index (χ1n) is 12.4. The first kappa shape index (κ1) is 24.2. The van der Waals surface area contributed by atoms with Crippen molar-refractivity contribution in [2.24, 2.45) is 0 Å². The standard InChI is InChI=1S/C25H33N5O4S/c1-25(22-11-10-20-8-4-5-9-21(20)18-22)23(31)30(24(32)26-25)19-27-14-16-29(17-15-27)35(33,34)28-12-6-2-3-7-13-28/h4-5,8-11,18H,2-3,6-7,12-17,19H2,1H3,(H,26,32). The normalized spacial score (nSPS) is 25.7. The molecule has 0 radical (unpaired) electrons. The number of fused-ring (bicyclic) bond motifs is 1. The molecular weight excluding hydrogens is 466 g/mol. The van der Waals surface area contributed by atoms with Crippen LogP contribution in [0.5, 0.6) is 0 Å². The Balaban J connectivity index is 1.24. The molecule has 3 saturated heterocycles. The van der Waals surface area contributed by atoms with Crippen LogP contribution >= 0.6 is 0 Å². The van der Waals surface area contributed by atoms with Gasteiger partial charge in [-0.2, -0.15) is 17.0 Å². The number of carbonyl (C=O) groups is 2. The maximum atomic E-state index is 13.4. The van der Waals surface area contributed by atoms with Crippen LogP contribution in [0.25, 0.3) is 10.8 Å². The molecule has 0 saturated carbocycles. The molecule has 0 bridgehead atoms. The minimum absolute atomic E-state index is 0.144. The quantitative estimate of drug-likeness (QED) is 0.638. The molecule has 2 aromatic rings. The van der Waals surface area contributed by atoms with Crippen molar-refractivity contribution in [3.05, 3.63) is 48.0 Å². The van der Waals surface area contributed by atoms with Gasteiger partial charge in [0.25, 0.3) is 16.1 Å². The second-order valence-electron chi connectivity index (χ2n) is 9.83. The van der Waals surface area contributed by atoms with Gasteiger partial charge in [0.15, 0.2) is 0 Å². The number of benzene rings is 2. The van der Waals surface area contributed by atoms with E-state index in [0.29, 0.717) is 39.3 Å². The number of nitrogens with one attached hydrogen (secondary N) is 1. The number of amides is 3. The second-order valence-corrected chi connectivity index (χ2v) is 11.8. The zero-order chi connectivity index (χ0) is 24.6. The Morgan fingerprint density at radius 1 is 0.829 bits per heavy atom. The third-order valence-electron chi connectivity index (χ3n) is 7.49. The van der Waals surface area contributed by atoms with Gasteiger partial charge in [-0.05, 0) is 42.2 Å². The molecule has 1 atom stereocenters. The van der Waals surface area contributed by atoms with Gasteiger partial charge in [-0.15, -0.1) is 0 Å². The Kier molecular flexibility index (Phi) is 6.56. The van der Waals surface area contributed by atoms with Gasteiger partial charge in [-0.1, -0.05) is 49.2 Å². The van der Waals surface area contributed by atoms with Crippen LogP contribution in [-0.4, -0.2) is 84.7 Å². The zero-order valence-electron chi connectivity index (χ0n) is 20.1. The summed E-state index contributed by atoms with van der Waals surface area (Å²) in [7, 11) is -3.47. The third-order valence-corrected chi connectivity index (χ3v) is 9.53. The molecule has 3 heterocycles. The van der Waals surface area contributed by atoms with Crippen molar-refractivity contribution in [1.29, 1.82) is 0 Å². The van der Waals surface area contributed by atoms with E-state index in [0.717, 1.165) is 42.0 Å². The minimum atomic E-state index is -3.47. The van der Waals surface area contributed by atoms with Crippen molar-refractivity contribution < 1.29 is 18.0 Å². The summed E-state index contributed by atoms with van der Waals surface area (Å²) < 4.78 is 29.3. The molecule has 10 heteroatoms. The molecule has 0 aliphatic carbocycles. The van der Waals surface area contributed by atoms with E-state index in [4.69, 9.17) is 0 Å². The summed E-state index contributed by atoms with van der Waals surface area (Å²) in [5.41, 5.74) is -0.399. The average molecular weight is 500 g/mol. The van der Waals surface area contributed by atoms with Crippen LogP contribution in [0.1, 0.15) is 38.2 Å². The number of hydrogen-bond donors (Lipinski definition) is 1. The number of carbonyl (C=O) groups excluding carboxylic acids is 2. The van der Waals surface area contributed by atoms with E-state index in [2.05, 4.69) is 5.32 Å². The van der Waals surface area contributed by atoms with Gasteiger partial charge >= 0.3 is 6.03 Å². The first-order valence-corrected chi connectivity index (χ1v) is 13.8. The lowest BCUT2D eigenvalue weighted by Gasteiger charge is -2.37. The summed E-state index contributed by atoms with van der Waals surface area (Å²) in [5, 5.41) is 4.96. The summed E-state index contributed by atoms with van der Waals surface area (Å²) in [5.74, 6) is -0.294. The molecule has 3 fully saturated rings. The van der Waals surface area contributed by atoms with Gasteiger partial charge in [-0.25, -0.2) is 9.69 Å². The fourth-order valence-electron chi connectivity index (χ4n) is 5.26. The molecule has 0 spiro atoms. The molecule has 0 aromatic heterocycles. The highest BCUT2D eigenvalue weighted by molar-refractivity contribution is 7.86. The highest BCUT2D eigenvalue weighted by Gasteiger charge is 2.49. The zero-order valence-corrected chi connectivity index (χ0v) is 21.0. The topological polar surface area (TPSA) is 93.3 Å². The summed E-state index contributed by atoms with van der Waals surface area (Å²) in [6.07, 6.45) is 3.95. The van der Waals surface area contributed by atoms with Crippen molar-refractivity contribution in [3.63, 3.8) is 0 Å². The van der Waals surface area contributed by atoms with Crippen LogP contribution in [0.4, 0.5) is 4.79 Å². The van der Waals surface area contributed by atoms with Crippen LogP contribution in [0.2, 0.25) is 0 Å². The van der Waals surface area contributed by atoms with E-state index in [1.807, 2.05) is 47.4 Å². The lowest BCUT2D eigenvalue weighted by atomic mass is 9.90. The number of nitrogens with zero attached hydrogens (tertiary/aromatic N) is 4. The Hall–Kier alpha value is -2.53. The van der Waals surface area contributed by atoms with Crippen LogP contribution < -0.4 is 5.32 Å². The fraction of sp³-hybridized carbons (Fsp3) is 0.520. The van der Waals surface area contributed by atoms with Crippen LogP contribution in [0.15, 0.2) is 42.5 Å². The second kappa shape index (κ2) is 9.50. The number of piperazine rings is 1. The van der Waals surface area contributed by atoms with Gasteiger partial charge in [0.2, 0.25) is 0 Å². The Bertz CT molecular complexity index is 1220. The first-order chi connectivity index (χ1) is 16.8. The van der Waals surface area contributed by atoms with Crippen molar-refractivity contribution in [1.82, 2.24) is 23.7 Å². The molecule has 1 N–H and O–H groups in total. The molecule has 5 rings (SSSR count). The summed E-state index contributed by atoms with van der Waals surface area (Å²) >= 11 is 0. The van der Waals surface area contributed by atoms with E-state index in [1.54, 1.807) is 15.5 Å². The van der Waals surface area contributed by atoms with Gasteiger partial charge in [0.05, 0.1) is 6.67 Å². The molecule has 3 aliphatic heterocycles. The van der Waals surface area contributed by atoms with Gasteiger partial charge in [-0.3, -0.25) is 9.69 Å². The number of imide groups is 1. The summed E-state index contributed by atoms with van der Waals surface area (Å²) in [4.78, 5) is 29.5. The molecule has 188 valence electrons. The third kappa shape index (κ3) is 4.55. The highest BCUT2D eigenvalue weighted by atomic mass is 32.2. The number of urea groups is 1. The molecule has 35 heavy (non-hydrogen) atoms. The van der Waals surface area contributed by atoms with Crippen molar-refractivity contribution in [2.45, 2.75) is 38.1 Å². The lowest BCUT2D eigenvalue weighted by molar-refractivity contribution is -0.132. The Labute approximate surface area is 206 Å². The van der Waals surface area contributed by atoms with E-state index >= 15 is 0 Å². The maximum absolute atomic E-state index is 13.4.